The molecule has 0 saturated carbocycles. The van der Waals surface area contributed by atoms with E-state index in [0.717, 1.165) is 11.1 Å². The van der Waals surface area contributed by atoms with Crippen molar-refractivity contribution in [3.05, 3.63) is 83.4 Å². The molecule has 1 unspecified atom stereocenters. The second kappa shape index (κ2) is 6.58. The number of aliphatic hydroxyl groups excluding tert-OH is 1. The molecule has 0 bridgehead atoms. The van der Waals surface area contributed by atoms with E-state index in [-0.39, 0.29) is 0 Å². The topological polar surface area (TPSA) is 20.2 Å². The fourth-order valence-corrected chi connectivity index (χ4v) is 1.66. The molecule has 0 heterocycles. The number of allylic oxidation sites excluding steroid dienone is 1. The van der Waals surface area contributed by atoms with Gasteiger partial charge in [-0.3, -0.25) is 0 Å². The Bertz CT molecular complexity index is 598. The third-order valence-corrected chi connectivity index (χ3v) is 2.77. The van der Waals surface area contributed by atoms with Crippen LogP contribution in [0.15, 0.2) is 66.7 Å². The minimum Gasteiger partial charge on any atom is -0.384 e. The Kier molecular flexibility index (Phi) is 4.55. The summed E-state index contributed by atoms with van der Waals surface area (Å²) < 4.78 is 0. The second-order valence-electron chi connectivity index (χ2n) is 4.35. The maximum atomic E-state index is 9.95. The maximum absolute atomic E-state index is 9.95. The van der Waals surface area contributed by atoms with Crippen LogP contribution in [-0.4, -0.2) is 5.11 Å². The first-order valence-electron chi connectivity index (χ1n) is 6.23. The van der Waals surface area contributed by atoms with Crippen molar-refractivity contribution < 1.29 is 5.11 Å². The maximum Gasteiger partial charge on any atom is 0.0980 e. The van der Waals surface area contributed by atoms with Crippen LogP contribution in [0.5, 0.6) is 0 Å². The molecule has 0 fully saturated rings. The third-order valence-electron chi connectivity index (χ3n) is 2.77. The molecule has 1 nitrogen and oxygen atoms in total. The number of aryl methyl sites for hydroxylation is 1. The minimum atomic E-state index is -0.606. The Morgan fingerprint density at radius 2 is 1.68 bits per heavy atom. The first-order chi connectivity index (χ1) is 9.25. The average Bonchev–Trinajstić information content (AvgIpc) is 2.45. The van der Waals surface area contributed by atoms with E-state index in [1.807, 2.05) is 61.5 Å². The molecule has 0 amide bonds. The van der Waals surface area contributed by atoms with E-state index < -0.39 is 6.10 Å². The van der Waals surface area contributed by atoms with Crippen molar-refractivity contribution in [3.8, 4) is 11.8 Å². The number of rotatable bonds is 2. The van der Waals surface area contributed by atoms with Crippen LogP contribution in [0.1, 0.15) is 22.8 Å². The molecule has 1 N–H and O–H groups in total. The van der Waals surface area contributed by atoms with Crippen LogP contribution in [0.4, 0.5) is 0 Å². The first-order valence-corrected chi connectivity index (χ1v) is 6.23. The van der Waals surface area contributed by atoms with Crippen LogP contribution >= 0.6 is 0 Å². The van der Waals surface area contributed by atoms with E-state index in [2.05, 4.69) is 11.8 Å². The predicted molar refractivity (Wildman–Crippen MR) is 78.6 cm³/mol. The van der Waals surface area contributed by atoms with Gasteiger partial charge in [-0.1, -0.05) is 59.9 Å². The molecule has 0 aromatic heterocycles. The highest BCUT2D eigenvalue weighted by Gasteiger charge is 2.00. The first kappa shape index (κ1) is 13.1. The molecule has 19 heavy (non-hydrogen) atoms. The van der Waals surface area contributed by atoms with Gasteiger partial charge >= 0.3 is 0 Å². The van der Waals surface area contributed by atoms with Crippen molar-refractivity contribution in [3.63, 3.8) is 0 Å². The van der Waals surface area contributed by atoms with E-state index in [4.69, 9.17) is 0 Å². The van der Waals surface area contributed by atoms with E-state index in [1.54, 1.807) is 12.2 Å². The lowest BCUT2D eigenvalue weighted by Gasteiger charge is -2.04. The zero-order valence-corrected chi connectivity index (χ0v) is 10.9. The molecule has 2 rings (SSSR count). The van der Waals surface area contributed by atoms with Crippen molar-refractivity contribution in [1.29, 1.82) is 0 Å². The number of aliphatic hydroxyl groups is 1. The van der Waals surface area contributed by atoms with Crippen molar-refractivity contribution in [1.82, 2.24) is 0 Å². The summed E-state index contributed by atoms with van der Waals surface area (Å²) in [6, 6.07) is 17.6. The summed E-state index contributed by atoms with van der Waals surface area (Å²) in [5, 5.41) is 9.95. The van der Waals surface area contributed by atoms with E-state index in [1.165, 1.54) is 5.56 Å². The van der Waals surface area contributed by atoms with Crippen LogP contribution in [-0.2, 0) is 0 Å². The van der Waals surface area contributed by atoms with Gasteiger partial charge in [0, 0.05) is 5.56 Å². The summed E-state index contributed by atoms with van der Waals surface area (Å²) in [6.07, 6.45) is 2.78. The van der Waals surface area contributed by atoms with E-state index >= 15 is 0 Å². The van der Waals surface area contributed by atoms with Crippen LogP contribution in [0.2, 0.25) is 0 Å². The molecule has 0 radical (unpaired) electrons. The molecule has 2 aromatic rings. The highest BCUT2D eigenvalue weighted by Crippen LogP contribution is 2.14. The van der Waals surface area contributed by atoms with Gasteiger partial charge in [-0.05, 0) is 36.8 Å². The molecule has 0 aliphatic carbocycles. The van der Waals surface area contributed by atoms with Gasteiger partial charge in [-0.25, -0.2) is 0 Å². The van der Waals surface area contributed by atoms with Crippen LogP contribution in [0, 0.1) is 18.8 Å². The summed E-state index contributed by atoms with van der Waals surface area (Å²) in [6.45, 7) is 2.03. The van der Waals surface area contributed by atoms with E-state index in [0.29, 0.717) is 0 Å². The predicted octanol–water partition coefficient (Wildman–Crippen LogP) is 3.64. The van der Waals surface area contributed by atoms with Gasteiger partial charge in [0.25, 0.3) is 0 Å². The Morgan fingerprint density at radius 1 is 1.00 bits per heavy atom. The summed E-state index contributed by atoms with van der Waals surface area (Å²) in [7, 11) is 0. The molecular weight excluding hydrogens is 232 g/mol. The highest BCUT2D eigenvalue weighted by molar-refractivity contribution is 5.37. The van der Waals surface area contributed by atoms with Gasteiger partial charge in [-0.2, -0.15) is 0 Å². The Labute approximate surface area is 114 Å². The minimum absolute atomic E-state index is 0.606. The second-order valence-corrected chi connectivity index (χ2v) is 4.35. The largest absolute Gasteiger partial charge is 0.384 e. The van der Waals surface area contributed by atoms with Crippen LogP contribution in [0.25, 0.3) is 0 Å². The molecular formula is C18H16O. The zero-order valence-electron chi connectivity index (χ0n) is 10.9. The van der Waals surface area contributed by atoms with E-state index in [9.17, 15) is 5.11 Å². The molecule has 2 aromatic carbocycles. The number of benzene rings is 2. The average molecular weight is 248 g/mol. The molecule has 0 saturated heterocycles. The van der Waals surface area contributed by atoms with Crippen molar-refractivity contribution >= 4 is 0 Å². The SMILES string of the molecule is Cc1ccc(C(O)/C=C/C#Cc2ccccc2)cc1. The highest BCUT2D eigenvalue weighted by atomic mass is 16.3. The van der Waals surface area contributed by atoms with Crippen molar-refractivity contribution in [2.24, 2.45) is 0 Å². The molecule has 0 aliphatic rings. The van der Waals surface area contributed by atoms with Crippen LogP contribution < -0.4 is 0 Å². The molecule has 0 spiro atoms. The lowest BCUT2D eigenvalue weighted by atomic mass is 10.1. The molecule has 1 heteroatoms. The van der Waals surface area contributed by atoms with Crippen molar-refractivity contribution in [2.45, 2.75) is 13.0 Å². The fraction of sp³-hybridized carbons (Fsp3) is 0.111. The standard InChI is InChI=1S/C18H16O/c1-15-11-13-17(14-12-15)18(19)10-6-5-9-16-7-3-2-4-8-16/h2-4,6-8,10-14,18-19H,1H3/b10-6+. The lowest BCUT2D eigenvalue weighted by Crippen LogP contribution is -1.92. The third kappa shape index (κ3) is 4.13. The Morgan fingerprint density at radius 3 is 2.37 bits per heavy atom. The molecule has 1 atom stereocenters. The Hall–Kier alpha value is -2.30. The van der Waals surface area contributed by atoms with Crippen LogP contribution in [0.3, 0.4) is 0 Å². The Balaban J connectivity index is 1.99. The monoisotopic (exact) mass is 248 g/mol. The van der Waals surface area contributed by atoms with Gasteiger partial charge < -0.3 is 5.11 Å². The van der Waals surface area contributed by atoms with Gasteiger partial charge in [0.1, 0.15) is 0 Å². The van der Waals surface area contributed by atoms with Gasteiger partial charge in [0.2, 0.25) is 0 Å². The summed E-state index contributed by atoms with van der Waals surface area (Å²) in [5.74, 6) is 5.94. The fourth-order valence-electron chi connectivity index (χ4n) is 1.66. The number of hydrogen-bond donors (Lipinski definition) is 1. The van der Waals surface area contributed by atoms with Crippen molar-refractivity contribution in [2.75, 3.05) is 0 Å². The zero-order chi connectivity index (χ0) is 13.5. The summed E-state index contributed by atoms with van der Waals surface area (Å²) in [5.41, 5.74) is 3.03. The summed E-state index contributed by atoms with van der Waals surface area (Å²) in [4.78, 5) is 0. The normalized spacial score (nSPS) is 11.9. The quantitative estimate of drug-likeness (QED) is 0.804. The number of hydrogen-bond acceptors (Lipinski definition) is 1. The lowest BCUT2D eigenvalue weighted by molar-refractivity contribution is 0.228. The van der Waals surface area contributed by atoms with Gasteiger partial charge in [-0.15, -0.1) is 0 Å². The summed E-state index contributed by atoms with van der Waals surface area (Å²) >= 11 is 0. The van der Waals surface area contributed by atoms with Gasteiger partial charge in [0.05, 0.1) is 6.10 Å². The molecule has 0 aliphatic heterocycles. The smallest absolute Gasteiger partial charge is 0.0980 e. The molecule has 94 valence electrons. The van der Waals surface area contributed by atoms with Gasteiger partial charge in [0.15, 0.2) is 0 Å².